The Kier molecular flexibility index (Phi) is 3.63. The highest BCUT2D eigenvalue weighted by atomic mass is 16.2. The van der Waals surface area contributed by atoms with Crippen LogP contribution in [0.25, 0.3) is 0 Å². The summed E-state index contributed by atoms with van der Waals surface area (Å²) in [5, 5.41) is 3.42. The van der Waals surface area contributed by atoms with Gasteiger partial charge in [-0.1, -0.05) is 20.8 Å². The average molecular weight is 327 g/mol. The number of carbonyl (C=O) groups excluding carboxylic acids is 1. The SMILES string of the molecule is CC1(C)[C@H]2CC[C@@]1(C)[C@H](NC(=O)N1CCC[C@@H]1c1ccncc1)C2. The van der Waals surface area contributed by atoms with Crippen LogP contribution >= 0.6 is 0 Å². The lowest BCUT2D eigenvalue weighted by Crippen LogP contribution is -2.51. The van der Waals surface area contributed by atoms with Crippen molar-refractivity contribution in [3.63, 3.8) is 0 Å². The summed E-state index contributed by atoms with van der Waals surface area (Å²) in [4.78, 5) is 19.2. The maximum Gasteiger partial charge on any atom is 0.318 e. The summed E-state index contributed by atoms with van der Waals surface area (Å²) in [5.74, 6) is 0.752. The van der Waals surface area contributed by atoms with E-state index in [1.165, 1.54) is 18.4 Å². The van der Waals surface area contributed by atoms with Gasteiger partial charge in [0, 0.05) is 25.0 Å². The highest BCUT2D eigenvalue weighted by Gasteiger charge is 2.61. The van der Waals surface area contributed by atoms with Crippen molar-refractivity contribution in [2.75, 3.05) is 6.54 Å². The Morgan fingerprint density at radius 1 is 1.25 bits per heavy atom. The van der Waals surface area contributed by atoms with E-state index in [0.29, 0.717) is 11.5 Å². The molecule has 1 N–H and O–H groups in total. The molecule has 0 spiro atoms. The molecule has 24 heavy (non-hydrogen) atoms. The van der Waals surface area contributed by atoms with Gasteiger partial charge in [0.05, 0.1) is 6.04 Å². The molecule has 4 rings (SSSR count). The van der Waals surface area contributed by atoms with E-state index in [4.69, 9.17) is 0 Å². The van der Waals surface area contributed by atoms with Crippen LogP contribution in [-0.4, -0.2) is 28.5 Å². The molecular weight excluding hydrogens is 298 g/mol. The van der Waals surface area contributed by atoms with Crippen LogP contribution in [0.3, 0.4) is 0 Å². The van der Waals surface area contributed by atoms with Crippen LogP contribution < -0.4 is 5.32 Å². The zero-order valence-corrected chi connectivity index (χ0v) is 15.1. The van der Waals surface area contributed by atoms with Gasteiger partial charge in [-0.25, -0.2) is 4.79 Å². The summed E-state index contributed by atoms with van der Waals surface area (Å²) < 4.78 is 0. The van der Waals surface area contributed by atoms with Crippen molar-refractivity contribution < 1.29 is 4.79 Å². The molecule has 0 unspecified atom stereocenters. The summed E-state index contributed by atoms with van der Waals surface area (Å²) in [5.41, 5.74) is 1.77. The van der Waals surface area contributed by atoms with Gasteiger partial charge < -0.3 is 10.2 Å². The molecule has 1 aromatic rings. The minimum atomic E-state index is 0.129. The number of aromatic nitrogens is 1. The lowest BCUT2D eigenvalue weighted by atomic mass is 9.69. The van der Waals surface area contributed by atoms with E-state index in [0.717, 1.165) is 31.7 Å². The number of carbonyl (C=O) groups is 1. The smallest absolute Gasteiger partial charge is 0.318 e. The number of amides is 2. The average Bonchev–Trinajstić information content (AvgIpc) is 3.19. The monoisotopic (exact) mass is 327 g/mol. The highest BCUT2D eigenvalue weighted by Crippen LogP contribution is 2.65. The van der Waals surface area contributed by atoms with Gasteiger partial charge >= 0.3 is 6.03 Å². The first-order valence-corrected chi connectivity index (χ1v) is 9.40. The van der Waals surface area contributed by atoms with Crippen molar-refractivity contribution in [2.45, 2.75) is 65.0 Å². The first-order chi connectivity index (χ1) is 11.4. The first-order valence-electron chi connectivity index (χ1n) is 9.40. The first kappa shape index (κ1) is 15.9. The second kappa shape index (κ2) is 5.47. The number of likely N-dealkylation sites (tertiary alicyclic amines) is 1. The van der Waals surface area contributed by atoms with Crippen LogP contribution in [0.5, 0.6) is 0 Å². The standard InChI is InChI=1S/C20H29N3O/c1-19(2)15-6-9-20(19,3)17(13-15)22-18(24)23-12-4-5-16(23)14-7-10-21-11-8-14/h7-8,10-11,15-17H,4-6,9,12-13H2,1-3H3,(H,22,24)/t15-,16+,17+,20-/m0/s1. The molecule has 2 amide bonds. The maximum atomic E-state index is 13.0. The fraction of sp³-hybridized carbons (Fsp3) is 0.700. The molecule has 4 nitrogen and oxygen atoms in total. The molecule has 0 radical (unpaired) electrons. The van der Waals surface area contributed by atoms with Gasteiger partial charge in [0.1, 0.15) is 0 Å². The van der Waals surface area contributed by atoms with Crippen molar-refractivity contribution in [1.82, 2.24) is 15.2 Å². The van der Waals surface area contributed by atoms with E-state index < -0.39 is 0 Å². The quantitative estimate of drug-likeness (QED) is 0.887. The molecule has 1 aliphatic heterocycles. The molecule has 4 heteroatoms. The van der Waals surface area contributed by atoms with Crippen molar-refractivity contribution in [3.05, 3.63) is 30.1 Å². The molecule has 2 heterocycles. The van der Waals surface area contributed by atoms with Gasteiger partial charge in [0.15, 0.2) is 0 Å². The number of urea groups is 1. The number of hydrogen-bond acceptors (Lipinski definition) is 2. The Morgan fingerprint density at radius 3 is 2.62 bits per heavy atom. The molecule has 4 atom stereocenters. The van der Waals surface area contributed by atoms with E-state index in [1.54, 1.807) is 0 Å². The second-order valence-electron chi connectivity index (χ2n) is 8.74. The molecule has 2 aliphatic carbocycles. The topological polar surface area (TPSA) is 45.2 Å². The Balaban J connectivity index is 1.49. The van der Waals surface area contributed by atoms with E-state index in [9.17, 15) is 4.79 Å². The molecule has 3 fully saturated rings. The Bertz CT molecular complexity index is 629. The van der Waals surface area contributed by atoms with E-state index in [1.807, 2.05) is 29.4 Å². The number of rotatable bonds is 2. The number of fused-ring (bicyclic) bond motifs is 2. The largest absolute Gasteiger partial charge is 0.335 e. The molecule has 130 valence electrons. The number of nitrogens with zero attached hydrogens (tertiary/aromatic N) is 2. The molecule has 2 bridgehead atoms. The van der Waals surface area contributed by atoms with Gasteiger partial charge in [-0.15, -0.1) is 0 Å². The van der Waals surface area contributed by atoms with Crippen LogP contribution in [0, 0.1) is 16.7 Å². The normalized spacial score (nSPS) is 37.0. The molecule has 2 saturated carbocycles. The number of pyridine rings is 1. The van der Waals surface area contributed by atoms with Crippen molar-refractivity contribution in [1.29, 1.82) is 0 Å². The third kappa shape index (κ3) is 2.18. The van der Waals surface area contributed by atoms with Gasteiger partial charge in [-0.2, -0.15) is 0 Å². The van der Waals surface area contributed by atoms with E-state index >= 15 is 0 Å². The number of hydrogen-bond donors (Lipinski definition) is 1. The number of nitrogens with one attached hydrogen (secondary N) is 1. The predicted molar refractivity (Wildman–Crippen MR) is 94.5 cm³/mol. The fourth-order valence-corrected chi connectivity index (χ4v) is 5.60. The van der Waals surface area contributed by atoms with Crippen molar-refractivity contribution >= 4 is 6.03 Å². The lowest BCUT2D eigenvalue weighted by Gasteiger charge is -2.40. The lowest BCUT2D eigenvalue weighted by molar-refractivity contribution is 0.116. The van der Waals surface area contributed by atoms with Crippen molar-refractivity contribution in [2.24, 2.45) is 16.7 Å². The third-order valence-corrected chi connectivity index (χ3v) is 7.70. The van der Waals surface area contributed by atoms with Gasteiger partial charge in [0.2, 0.25) is 0 Å². The Hall–Kier alpha value is -1.58. The van der Waals surface area contributed by atoms with Crippen LogP contribution in [0.1, 0.15) is 64.5 Å². The van der Waals surface area contributed by atoms with Crippen LogP contribution in [-0.2, 0) is 0 Å². The van der Waals surface area contributed by atoms with Crippen LogP contribution in [0.4, 0.5) is 4.79 Å². The Morgan fingerprint density at radius 2 is 2.00 bits per heavy atom. The summed E-state index contributed by atoms with van der Waals surface area (Å²) in [6.45, 7) is 8.03. The predicted octanol–water partition coefficient (Wildman–Crippen LogP) is 4.14. The third-order valence-electron chi connectivity index (χ3n) is 7.70. The fourth-order valence-electron chi connectivity index (χ4n) is 5.60. The summed E-state index contributed by atoms with van der Waals surface area (Å²) in [6.07, 6.45) is 9.47. The van der Waals surface area contributed by atoms with Crippen LogP contribution in [0.15, 0.2) is 24.5 Å². The maximum absolute atomic E-state index is 13.0. The zero-order chi connectivity index (χ0) is 16.9. The minimum absolute atomic E-state index is 0.129. The van der Waals surface area contributed by atoms with Gasteiger partial charge in [-0.05, 0) is 66.5 Å². The molecule has 3 aliphatic rings. The van der Waals surface area contributed by atoms with Crippen LogP contribution in [0.2, 0.25) is 0 Å². The zero-order valence-electron chi connectivity index (χ0n) is 15.1. The molecule has 1 aromatic heterocycles. The summed E-state index contributed by atoms with van der Waals surface area (Å²) in [7, 11) is 0. The van der Waals surface area contributed by atoms with E-state index in [2.05, 4.69) is 31.1 Å². The second-order valence-corrected chi connectivity index (χ2v) is 8.74. The highest BCUT2D eigenvalue weighted by molar-refractivity contribution is 5.75. The molecular formula is C20H29N3O. The summed E-state index contributed by atoms with van der Waals surface area (Å²) in [6, 6.07) is 4.73. The molecule has 1 saturated heterocycles. The summed E-state index contributed by atoms with van der Waals surface area (Å²) >= 11 is 0. The minimum Gasteiger partial charge on any atom is -0.335 e. The van der Waals surface area contributed by atoms with Gasteiger partial charge in [-0.3, -0.25) is 4.98 Å². The molecule has 0 aromatic carbocycles. The van der Waals surface area contributed by atoms with E-state index in [-0.39, 0.29) is 17.5 Å². The van der Waals surface area contributed by atoms with Crippen molar-refractivity contribution in [3.8, 4) is 0 Å². The van der Waals surface area contributed by atoms with Gasteiger partial charge in [0.25, 0.3) is 0 Å². The Labute approximate surface area is 145 Å².